The smallest absolute Gasteiger partial charge is 0.303 e. The number of hydrogen-bond donors (Lipinski definition) is 0. The Labute approximate surface area is 102 Å². The van der Waals surface area contributed by atoms with Gasteiger partial charge in [0.2, 0.25) is 0 Å². The molecule has 0 saturated carbocycles. The minimum Gasteiger partial charge on any atom is -0.457 e. The van der Waals surface area contributed by atoms with E-state index >= 15 is 0 Å². The Balaban J connectivity index is 2.33. The van der Waals surface area contributed by atoms with Gasteiger partial charge >= 0.3 is 5.97 Å². The Kier molecular flexibility index (Phi) is 3.43. The molecule has 0 spiro atoms. The first-order valence-electron chi connectivity index (χ1n) is 5.76. The van der Waals surface area contributed by atoms with Crippen molar-refractivity contribution in [2.75, 3.05) is 0 Å². The second kappa shape index (κ2) is 5.00. The lowest BCUT2D eigenvalue weighted by Crippen LogP contribution is -2.16. The Morgan fingerprint density at radius 3 is 2.47 bits per heavy atom. The van der Waals surface area contributed by atoms with Gasteiger partial charge in [-0.1, -0.05) is 48.6 Å². The molecule has 0 aromatic heterocycles. The molecule has 1 aromatic rings. The summed E-state index contributed by atoms with van der Waals surface area (Å²) in [5.41, 5.74) is 2.22. The van der Waals surface area contributed by atoms with Crippen LogP contribution in [0.5, 0.6) is 0 Å². The molecule has 0 heterocycles. The van der Waals surface area contributed by atoms with E-state index in [1.165, 1.54) is 6.92 Å². The Hall–Kier alpha value is -1.83. The summed E-state index contributed by atoms with van der Waals surface area (Å²) >= 11 is 0. The van der Waals surface area contributed by atoms with E-state index in [-0.39, 0.29) is 18.0 Å². The number of carbonyl (C=O) groups excluding carboxylic acids is 1. The van der Waals surface area contributed by atoms with Crippen LogP contribution >= 0.6 is 0 Å². The van der Waals surface area contributed by atoms with Gasteiger partial charge in [0.1, 0.15) is 6.10 Å². The van der Waals surface area contributed by atoms with Crippen LogP contribution in [0.2, 0.25) is 0 Å². The third kappa shape index (κ3) is 2.64. The van der Waals surface area contributed by atoms with Gasteiger partial charge in [0.15, 0.2) is 0 Å². The average molecular weight is 228 g/mol. The van der Waals surface area contributed by atoms with Crippen molar-refractivity contribution in [3.63, 3.8) is 0 Å². The van der Waals surface area contributed by atoms with Crippen molar-refractivity contribution >= 4 is 5.97 Å². The summed E-state index contributed by atoms with van der Waals surface area (Å²) in [6, 6.07) is 8.02. The van der Waals surface area contributed by atoms with Gasteiger partial charge in [0, 0.05) is 12.8 Å². The number of esters is 1. The van der Waals surface area contributed by atoms with Crippen LogP contribution in [-0.4, -0.2) is 5.97 Å². The van der Waals surface area contributed by atoms with Crippen LogP contribution in [0.15, 0.2) is 48.6 Å². The average Bonchev–Trinajstić information content (AvgIpc) is 2.80. The van der Waals surface area contributed by atoms with Gasteiger partial charge in [-0.15, -0.1) is 0 Å². The van der Waals surface area contributed by atoms with Crippen molar-refractivity contribution in [1.29, 1.82) is 0 Å². The van der Waals surface area contributed by atoms with Crippen LogP contribution in [0.4, 0.5) is 0 Å². The van der Waals surface area contributed by atoms with Gasteiger partial charge in [-0.05, 0) is 18.1 Å². The van der Waals surface area contributed by atoms with Crippen molar-refractivity contribution in [3.05, 3.63) is 59.7 Å². The minimum atomic E-state index is -0.244. The number of allylic oxidation sites excluding steroid dienone is 2. The largest absolute Gasteiger partial charge is 0.457 e. The zero-order valence-electron chi connectivity index (χ0n) is 10.1. The molecule has 0 saturated heterocycles. The maximum atomic E-state index is 11.2. The first-order chi connectivity index (χ1) is 8.18. The second-order valence-corrected chi connectivity index (χ2v) is 4.23. The molecule has 0 amide bonds. The van der Waals surface area contributed by atoms with Crippen LogP contribution in [-0.2, 0) is 9.53 Å². The quantitative estimate of drug-likeness (QED) is 0.742. The molecule has 1 aromatic carbocycles. The van der Waals surface area contributed by atoms with Gasteiger partial charge in [-0.2, -0.15) is 0 Å². The van der Waals surface area contributed by atoms with Crippen molar-refractivity contribution < 1.29 is 9.53 Å². The highest BCUT2D eigenvalue weighted by Crippen LogP contribution is 2.32. The van der Waals surface area contributed by atoms with E-state index in [1.54, 1.807) is 0 Å². The van der Waals surface area contributed by atoms with E-state index in [4.69, 9.17) is 4.74 Å². The van der Waals surface area contributed by atoms with Gasteiger partial charge in [-0.3, -0.25) is 4.79 Å². The van der Waals surface area contributed by atoms with Crippen LogP contribution in [0.3, 0.4) is 0 Å². The topological polar surface area (TPSA) is 26.3 Å². The standard InChI is InChI=1S/C15H16O2/c1-11-7-3-6-10-14(11)15(17-12(2)16)13-8-4-5-9-13/h3-10,13,15H,1-2H3. The van der Waals surface area contributed by atoms with Crippen molar-refractivity contribution in [2.24, 2.45) is 5.92 Å². The van der Waals surface area contributed by atoms with Crippen LogP contribution in [0.25, 0.3) is 0 Å². The third-order valence-corrected chi connectivity index (χ3v) is 2.92. The molecule has 1 unspecified atom stereocenters. The van der Waals surface area contributed by atoms with Gasteiger partial charge in [-0.25, -0.2) is 0 Å². The maximum Gasteiger partial charge on any atom is 0.303 e. The lowest BCUT2D eigenvalue weighted by Gasteiger charge is -2.23. The summed E-state index contributed by atoms with van der Waals surface area (Å²) in [5, 5.41) is 0. The van der Waals surface area contributed by atoms with E-state index in [2.05, 4.69) is 12.2 Å². The zero-order valence-corrected chi connectivity index (χ0v) is 10.1. The Morgan fingerprint density at radius 1 is 1.24 bits per heavy atom. The SMILES string of the molecule is CC(=O)OC(c1ccccc1C)C1C=CC=C1. The number of aryl methyl sites for hydroxylation is 1. The molecule has 1 aliphatic rings. The first kappa shape index (κ1) is 11.6. The van der Waals surface area contributed by atoms with Crippen LogP contribution in [0.1, 0.15) is 24.2 Å². The number of carbonyl (C=O) groups is 1. The van der Waals surface area contributed by atoms with Gasteiger partial charge < -0.3 is 4.74 Å². The molecule has 2 heteroatoms. The molecule has 2 rings (SSSR count). The molecule has 0 radical (unpaired) electrons. The number of hydrogen-bond acceptors (Lipinski definition) is 2. The number of benzene rings is 1. The minimum absolute atomic E-state index is 0.139. The highest BCUT2D eigenvalue weighted by molar-refractivity contribution is 5.66. The monoisotopic (exact) mass is 228 g/mol. The maximum absolute atomic E-state index is 11.2. The van der Waals surface area contributed by atoms with E-state index in [0.29, 0.717) is 0 Å². The summed E-state index contributed by atoms with van der Waals surface area (Å²) < 4.78 is 5.46. The third-order valence-electron chi connectivity index (χ3n) is 2.92. The molecule has 0 fully saturated rings. The molecular formula is C15H16O2. The number of rotatable bonds is 3. The summed E-state index contributed by atoms with van der Waals surface area (Å²) in [6.07, 6.45) is 7.86. The summed E-state index contributed by atoms with van der Waals surface area (Å²) in [5.74, 6) is -0.105. The molecule has 1 aliphatic carbocycles. The Morgan fingerprint density at radius 2 is 1.88 bits per heavy atom. The fourth-order valence-corrected chi connectivity index (χ4v) is 2.09. The predicted octanol–water partition coefficient (Wildman–Crippen LogP) is 3.34. The van der Waals surface area contributed by atoms with E-state index in [0.717, 1.165) is 11.1 Å². The molecular weight excluding hydrogens is 212 g/mol. The highest BCUT2D eigenvalue weighted by Gasteiger charge is 2.24. The van der Waals surface area contributed by atoms with Crippen molar-refractivity contribution in [2.45, 2.75) is 20.0 Å². The molecule has 0 aliphatic heterocycles. The van der Waals surface area contributed by atoms with Crippen molar-refractivity contribution in [3.8, 4) is 0 Å². The van der Waals surface area contributed by atoms with Crippen LogP contribution < -0.4 is 0 Å². The van der Waals surface area contributed by atoms with Gasteiger partial charge in [0.25, 0.3) is 0 Å². The van der Waals surface area contributed by atoms with Gasteiger partial charge in [0.05, 0.1) is 0 Å². The fraction of sp³-hybridized carbons (Fsp3) is 0.267. The van der Waals surface area contributed by atoms with Crippen molar-refractivity contribution in [1.82, 2.24) is 0 Å². The van der Waals surface area contributed by atoms with E-state index in [1.807, 2.05) is 43.3 Å². The Bertz CT molecular complexity index is 460. The van der Waals surface area contributed by atoms with E-state index < -0.39 is 0 Å². The van der Waals surface area contributed by atoms with Crippen LogP contribution in [0, 0.1) is 12.8 Å². The molecule has 88 valence electrons. The molecule has 2 nitrogen and oxygen atoms in total. The second-order valence-electron chi connectivity index (χ2n) is 4.23. The fourth-order valence-electron chi connectivity index (χ4n) is 2.09. The summed E-state index contributed by atoms with van der Waals surface area (Å²) in [4.78, 5) is 11.2. The lowest BCUT2D eigenvalue weighted by atomic mass is 9.93. The molecule has 1 atom stereocenters. The normalized spacial score (nSPS) is 16.1. The highest BCUT2D eigenvalue weighted by atomic mass is 16.5. The predicted molar refractivity (Wildman–Crippen MR) is 67.5 cm³/mol. The molecule has 0 bridgehead atoms. The molecule has 17 heavy (non-hydrogen) atoms. The lowest BCUT2D eigenvalue weighted by molar-refractivity contribution is -0.147. The summed E-state index contributed by atoms with van der Waals surface area (Å²) in [6.45, 7) is 3.49. The number of ether oxygens (including phenoxy) is 1. The zero-order chi connectivity index (χ0) is 12.3. The summed E-state index contributed by atoms with van der Waals surface area (Å²) in [7, 11) is 0. The molecule has 0 N–H and O–H groups in total. The first-order valence-corrected chi connectivity index (χ1v) is 5.76. The van der Waals surface area contributed by atoms with E-state index in [9.17, 15) is 4.79 Å².